The Hall–Kier alpha value is -2.53. The fourth-order valence-electron chi connectivity index (χ4n) is 2.51. The Morgan fingerprint density at radius 1 is 1.04 bits per heavy atom. The lowest BCUT2D eigenvalue weighted by molar-refractivity contribution is -0.113. The summed E-state index contributed by atoms with van der Waals surface area (Å²) < 4.78 is 5.22. The molecule has 1 heterocycles. The molecule has 2 aromatic rings. The van der Waals surface area contributed by atoms with Gasteiger partial charge < -0.3 is 4.74 Å². The van der Waals surface area contributed by atoms with Gasteiger partial charge in [0.25, 0.3) is 5.91 Å². The van der Waals surface area contributed by atoms with Crippen molar-refractivity contribution >= 4 is 34.2 Å². The normalized spacial score (nSPS) is 18.0. The van der Waals surface area contributed by atoms with Crippen LogP contribution in [0.15, 0.2) is 70.6 Å². The molecule has 2 aromatic carbocycles. The molecule has 0 spiro atoms. The van der Waals surface area contributed by atoms with Crippen molar-refractivity contribution in [1.82, 2.24) is 0 Å². The highest BCUT2D eigenvalue weighted by molar-refractivity contribution is 8.19. The van der Waals surface area contributed by atoms with Crippen molar-refractivity contribution in [3.05, 3.63) is 65.6 Å². The second-order valence-corrected chi connectivity index (χ2v) is 8.05. The van der Waals surface area contributed by atoms with Gasteiger partial charge in [-0.15, -0.1) is 0 Å². The number of rotatable bonds is 3. The smallest absolute Gasteiger partial charge is 0.271 e. The van der Waals surface area contributed by atoms with Gasteiger partial charge in [0.2, 0.25) is 0 Å². The Bertz CT molecular complexity index is 850. The Balaban J connectivity index is 2.05. The lowest BCUT2D eigenvalue weighted by Gasteiger charge is -2.16. The number of ether oxygens (including phenoxy) is 1. The van der Waals surface area contributed by atoms with E-state index in [-0.39, 0.29) is 11.3 Å². The molecule has 4 nitrogen and oxygen atoms in total. The van der Waals surface area contributed by atoms with Crippen LogP contribution in [-0.2, 0) is 4.79 Å². The predicted molar refractivity (Wildman–Crippen MR) is 109 cm³/mol. The lowest BCUT2D eigenvalue weighted by Crippen LogP contribution is -2.28. The summed E-state index contributed by atoms with van der Waals surface area (Å²) in [5, 5.41) is 0.655. The number of para-hydroxylation sites is 1. The zero-order chi connectivity index (χ0) is 18.7. The van der Waals surface area contributed by atoms with Gasteiger partial charge in [-0.1, -0.05) is 45.0 Å². The van der Waals surface area contributed by atoms with Gasteiger partial charge in [0.15, 0.2) is 5.17 Å². The van der Waals surface area contributed by atoms with Crippen LogP contribution in [-0.4, -0.2) is 18.2 Å². The van der Waals surface area contributed by atoms with Gasteiger partial charge in [-0.2, -0.15) is 0 Å². The number of anilines is 1. The van der Waals surface area contributed by atoms with Crippen molar-refractivity contribution in [3.63, 3.8) is 0 Å². The SMILES string of the molecule is COc1ccc(N2C(=O)/C(=C/C(C)(C)C)S/C2=N\c2ccccc2)cc1. The summed E-state index contributed by atoms with van der Waals surface area (Å²) in [6.45, 7) is 6.24. The number of amides is 1. The Labute approximate surface area is 158 Å². The van der Waals surface area contributed by atoms with Gasteiger partial charge in [0.1, 0.15) is 5.75 Å². The van der Waals surface area contributed by atoms with Crippen LogP contribution in [0.3, 0.4) is 0 Å². The van der Waals surface area contributed by atoms with Crippen molar-refractivity contribution in [1.29, 1.82) is 0 Å². The minimum absolute atomic E-state index is 0.0511. The largest absolute Gasteiger partial charge is 0.497 e. The monoisotopic (exact) mass is 366 g/mol. The molecule has 1 saturated heterocycles. The van der Waals surface area contributed by atoms with Gasteiger partial charge in [-0.05, 0) is 53.6 Å². The van der Waals surface area contributed by atoms with E-state index in [1.165, 1.54) is 11.8 Å². The molecular weight excluding hydrogens is 344 g/mol. The fourth-order valence-corrected chi connectivity index (χ4v) is 3.73. The average Bonchev–Trinajstić information content (AvgIpc) is 2.89. The topological polar surface area (TPSA) is 41.9 Å². The summed E-state index contributed by atoms with van der Waals surface area (Å²) in [7, 11) is 1.62. The van der Waals surface area contributed by atoms with Crippen LogP contribution in [0.2, 0.25) is 0 Å². The van der Waals surface area contributed by atoms with Crippen molar-refractivity contribution in [2.24, 2.45) is 10.4 Å². The first kappa shape index (κ1) is 18.3. The first-order valence-electron chi connectivity index (χ1n) is 8.40. The molecule has 0 atom stereocenters. The van der Waals surface area contributed by atoms with Crippen molar-refractivity contribution in [2.75, 3.05) is 12.0 Å². The highest BCUT2D eigenvalue weighted by Gasteiger charge is 2.35. The predicted octanol–water partition coefficient (Wildman–Crippen LogP) is 5.39. The molecule has 0 saturated carbocycles. The molecule has 0 aliphatic carbocycles. The number of aliphatic imine (C=N–C) groups is 1. The second-order valence-electron chi connectivity index (χ2n) is 7.05. The van der Waals surface area contributed by atoms with Crippen molar-refractivity contribution in [2.45, 2.75) is 20.8 Å². The standard InChI is InChI=1S/C21H22N2O2S/c1-21(2,3)14-18-19(24)23(16-10-12-17(25-4)13-11-16)20(26-18)22-15-8-6-5-7-9-15/h5-14H,1-4H3/b18-14-,22-20-. The molecule has 0 radical (unpaired) electrons. The molecule has 26 heavy (non-hydrogen) atoms. The van der Waals surface area contributed by atoms with Gasteiger partial charge >= 0.3 is 0 Å². The number of carbonyl (C=O) groups excluding carboxylic acids is 1. The summed E-state index contributed by atoms with van der Waals surface area (Å²) in [5.41, 5.74) is 1.50. The van der Waals surface area contributed by atoms with Crippen LogP contribution in [0.4, 0.5) is 11.4 Å². The molecule has 3 rings (SSSR count). The van der Waals surface area contributed by atoms with E-state index < -0.39 is 0 Å². The van der Waals surface area contributed by atoms with Crippen molar-refractivity contribution < 1.29 is 9.53 Å². The minimum Gasteiger partial charge on any atom is -0.497 e. The Morgan fingerprint density at radius 2 is 1.69 bits per heavy atom. The summed E-state index contributed by atoms with van der Waals surface area (Å²) >= 11 is 1.41. The lowest BCUT2D eigenvalue weighted by atomic mass is 9.96. The van der Waals surface area contributed by atoms with Crippen LogP contribution >= 0.6 is 11.8 Å². The summed E-state index contributed by atoms with van der Waals surface area (Å²) in [6, 6.07) is 17.1. The first-order valence-corrected chi connectivity index (χ1v) is 9.22. The number of thioether (sulfide) groups is 1. The Morgan fingerprint density at radius 3 is 2.27 bits per heavy atom. The summed E-state index contributed by atoms with van der Waals surface area (Å²) in [6.07, 6.45) is 2.00. The first-order chi connectivity index (χ1) is 12.4. The molecule has 134 valence electrons. The van der Waals surface area contributed by atoms with Gasteiger partial charge in [-0.3, -0.25) is 9.69 Å². The van der Waals surface area contributed by atoms with Crippen LogP contribution in [0, 0.1) is 5.41 Å². The maximum atomic E-state index is 13.1. The molecule has 0 N–H and O–H groups in total. The molecule has 0 bridgehead atoms. The number of allylic oxidation sites excluding steroid dienone is 1. The van der Waals surface area contributed by atoms with Gasteiger partial charge in [0, 0.05) is 0 Å². The van der Waals surface area contributed by atoms with E-state index in [1.54, 1.807) is 12.0 Å². The molecule has 1 aliphatic heterocycles. The maximum absolute atomic E-state index is 13.1. The molecule has 1 amide bonds. The van der Waals surface area contributed by atoms with E-state index in [0.717, 1.165) is 17.1 Å². The van der Waals surface area contributed by atoms with E-state index in [4.69, 9.17) is 9.73 Å². The van der Waals surface area contributed by atoms with E-state index >= 15 is 0 Å². The minimum atomic E-state index is -0.0915. The Kier molecular flexibility index (Phi) is 5.18. The van der Waals surface area contributed by atoms with Crippen molar-refractivity contribution in [3.8, 4) is 5.75 Å². The number of carbonyl (C=O) groups is 1. The molecule has 1 aliphatic rings. The van der Waals surface area contributed by atoms with E-state index in [9.17, 15) is 4.79 Å². The van der Waals surface area contributed by atoms with E-state index in [2.05, 4.69) is 20.8 Å². The zero-order valence-corrected chi connectivity index (χ0v) is 16.2. The quantitative estimate of drug-likeness (QED) is 0.684. The molecule has 0 aromatic heterocycles. The van der Waals surface area contributed by atoms with Gasteiger partial charge in [0.05, 0.1) is 23.4 Å². The van der Waals surface area contributed by atoms with Crippen LogP contribution in [0.1, 0.15) is 20.8 Å². The number of methoxy groups -OCH3 is 1. The zero-order valence-electron chi connectivity index (χ0n) is 15.4. The number of benzene rings is 2. The highest BCUT2D eigenvalue weighted by Crippen LogP contribution is 2.38. The highest BCUT2D eigenvalue weighted by atomic mass is 32.2. The number of amidine groups is 1. The number of nitrogens with zero attached hydrogens (tertiary/aromatic N) is 2. The third kappa shape index (κ3) is 4.17. The number of hydrogen-bond donors (Lipinski definition) is 0. The molecular formula is C21H22N2O2S. The third-order valence-electron chi connectivity index (χ3n) is 3.68. The van der Waals surface area contributed by atoms with Crippen LogP contribution in [0.25, 0.3) is 0 Å². The third-order valence-corrected chi connectivity index (χ3v) is 4.65. The van der Waals surface area contributed by atoms with Crippen LogP contribution in [0.5, 0.6) is 5.75 Å². The summed E-state index contributed by atoms with van der Waals surface area (Å²) in [4.78, 5) is 20.1. The second kappa shape index (κ2) is 7.38. The molecule has 1 fully saturated rings. The van der Waals surface area contributed by atoms with E-state index in [0.29, 0.717) is 10.1 Å². The van der Waals surface area contributed by atoms with Gasteiger partial charge in [-0.25, -0.2) is 4.99 Å². The number of hydrogen-bond acceptors (Lipinski definition) is 4. The molecule has 5 heteroatoms. The van der Waals surface area contributed by atoms with Crippen LogP contribution < -0.4 is 9.64 Å². The maximum Gasteiger partial charge on any atom is 0.271 e. The fraction of sp³-hybridized carbons (Fsp3) is 0.238. The van der Waals surface area contributed by atoms with E-state index in [1.807, 2.05) is 60.7 Å². The summed E-state index contributed by atoms with van der Waals surface area (Å²) in [5.74, 6) is 0.699. The molecule has 0 unspecified atom stereocenters. The average molecular weight is 366 g/mol.